The number of aryl methyl sites for hydroxylation is 1. The number of amides is 1. The van der Waals surface area contributed by atoms with Gasteiger partial charge < -0.3 is 21.9 Å². The third kappa shape index (κ3) is 8.81. The number of carbonyl (C=O) groups excluding carboxylic acids is 1. The molecule has 3 nitrogen and oxygen atoms in total. The van der Waals surface area contributed by atoms with Gasteiger partial charge in [-0.05, 0) is 26.3 Å². The van der Waals surface area contributed by atoms with E-state index in [1.807, 2.05) is 37.1 Å². The van der Waals surface area contributed by atoms with Crippen LogP contribution in [-0.4, -0.2) is 23.9 Å². The fourth-order valence-electron chi connectivity index (χ4n) is 2.91. The molecule has 24 heavy (non-hydrogen) atoms. The molecule has 0 bridgehead atoms. The first kappa shape index (κ1) is 23.1. The van der Waals surface area contributed by atoms with E-state index in [2.05, 4.69) is 17.7 Å². The Morgan fingerprint density at radius 2 is 1.54 bits per heavy atom. The molecule has 0 atom stereocenters. The minimum absolute atomic E-state index is 0. The van der Waals surface area contributed by atoms with Gasteiger partial charge in [-0.1, -0.05) is 45.4 Å². The smallest absolute Gasteiger partial charge is 0.259 e. The molecular weight excluding hydrogens is 364 g/mol. The Balaban J connectivity index is 0.00000529. The number of carbonyl (C=O) groups is 1. The van der Waals surface area contributed by atoms with Gasteiger partial charge in [0.05, 0.1) is 0 Å². The summed E-state index contributed by atoms with van der Waals surface area (Å²) in [5.41, 5.74) is 0.802. The predicted octanol–water partition coefficient (Wildman–Crippen LogP) is 1.60. The highest BCUT2D eigenvalue weighted by atomic mass is 79.9. The van der Waals surface area contributed by atoms with Crippen molar-refractivity contribution in [1.82, 2.24) is 4.90 Å². The van der Waals surface area contributed by atoms with Gasteiger partial charge in [0.15, 0.2) is 12.4 Å². The normalized spacial score (nSPS) is 10.3. The molecule has 1 amide bonds. The van der Waals surface area contributed by atoms with E-state index in [1.54, 1.807) is 0 Å². The summed E-state index contributed by atoms with van der Waals surface area (Å²) in [5, 5.41) is 0. The van der Waals surface area contributed by atoms with Crippen LogP contribution in [0.5, 0.6) is 0 Å². The van der Waals surface area contributed by atoms with E-state index in [0.29, 0.717) is 0 Å². The molecule has 1 aromatic heterocycles. The van der Waals surface area contributed by atoms with Crippen LogP contribution in [0.25, 0.3) is 0 Å². The van der Waals surface area contributed by atoms with E-state index in [9.17, 15) is 4.79 Å². The predicted molar refractivity (Wildman–Crippen MR) is 96.5 cm³/mol. The van der Waals surface area contributed by atoms with Crippen LogP contribution >= 0.6 is 0 Å². The monoisotopic (exact) mass is 398 g/mol. The van der Waals surface area contributed by atoms with Gasteiger partial charge >= 0.3 is 0 Å². The van der Waals surface area contributed by atoms with Crippen LogP contribution in [0.3, 0.4) is 0 Å². The van der Waals surface area contributed by atoms with Crippen LogP contribution in [0.4, 0.5) is 0 Å². The number of halogens is 1. The maximum absolute atomic E-state index is 12.4. The lowest BCUT2D eigenvalue weighted by Gasteiger charge is -2.17. The lowest BCUT2D eigenvalue weighted by molar-refractivity contribution is -0.697. The molecule has 0 aliphatic heterocycles. The van der Waals surface area contributed by atoms with Gasteiger partial charge in [0.1, 0.15) is 12.1 Å². The number of pyridine rings is 1. The van der Waals surface area contributed by atoms with Crippen LogP contribution < -0.4 is 21.5 Å². The van der Waals surface area contributed by atoms with Crippen molar-refractivity contribution in [1.29, 1.82) is 0 Å². The SMILES string of the molecule is CCCCCCCCCC[n+]1cccc(C(=O)N(CC)CC)c1.[Br-]. The second-order valence-electron chi connectivity index (χ2n) is 6.28. The van der Waals surface area contributed by atoms with Crippen molar-refractivity contribution in [3.63, 3.8) is 0 Å². The Morgan fingerprint density at radius 1 is 0.958 bits per heavy atom. The van der Waals surface area contributed by atoms with Crippen molar-refractivity contribution in [2.75, 3.05) is 13.1 Å². The van der Waals surface area contributed by atoms with Crippen LogP contribution in [0.2, 0.25) is 0 Å². The van der Waals surface area contributed by atoms with Gasteiger partial charge in [0.2, 0.25) is 0 Å². The Hall–Kier alpha value is -0.900. The Morgan fingerprint density at radius 3 is 2.12 bits per heavy atom. The third-order valence-corrected chi connectivity index (χ3v) is 4.43. The standard InChI is InChI=1S/C20H35N2O.BrH/c1-4-7-8-9-10-11-12-13-16-21-17-14-15-19(18-21)20(23)22(5-2)6-3;/h14-15,17-18H,4-13,16H2,1-3H3;1H/q+1;/p-1. The lowest BCUT2D eigenvalue weighted by atomic mass is 10.1. The van der Waals surface area contributed by atoms with E-state index < -0.39 is 0 Å². The molecule has 0 aromatic carbocycles. The molecule has 0 radical (unpaired) electrons. The zero-order valence-electron chi connectivity index (χ0n) is 15.8. The second-order valence-corrected chi connectivity index (χ2v) is 6.28. The molecule has 0 aliphatic carbocycles. The summed E-state index contributed by atoms with van der Waals surface area (Å²) in [4.78, 5) is 14.2. The fraction of sp³-hybridized carbons (Fsp3) is 0.700. The number of unbranched alkanes of at least 4 members (excludes halogenated alkanes) is 7. The quantitative estimate of drug-likeness (QED) is 0.387. The van der Waals surface area contributed by atoms with E-state index in [0.717, 1.165) is 25.2 Å². The highest BCUT2D eigenvalue weighted by Gasteiger charge is 2.15. The van der Waals surface area contributed by atoms with Gasteiger partial charge in [-0.15, -0.1) is 0 Å². The number of rotatable bonds is 12. The zero-order chi connectivity index (χ0) is 16.9. The van der Waals surface area contributed by atoms with Crippen LogP contribution in [0, 0.1) is 0 Å². The van der Waals surface area contributed by atoms with Crippen LogP contribution in [0.15, 0.2) is 24.5 Å². The van der Waals surface area contributed by atoms with E-state index >= 15 is 0 Å². The van der Waals surface area contributed by atoms with Gasteiger partial charge in [-0.25, -0.2) is 4.57 Å². The molecule has 0 aliphatic rings. The number of hydrogen-bond acceptors (Lipinski definition) is 1. The summed E-state index contributed by atoms with van der Waals surface area (Å²) >= 11 is 0. The molecule has 0 unspecified atom stereocenters. The molecule has 0 fully saturated rings. The average molecular weight is 399 g/mol. The summed E-state index contributed by atoms with van der Waals surface area (Å²) < 4.78 is 2.16. The van der Waals surface area contributed by atoms with Crippen molar-refractivity contribution in [3.05, 3.63) is 30.1 Å². The van der Waals surface area contributed by atoms with Gasteiger partial charge in [-0.2, -0.15) is 0 Å². The third-order valence-electron chi connectivity index (χ3n) is 4.43. The molecular formula is C20H35BrN2O. The van der Waals surface area contributed by atoms with Crippen molar-refractivity contribution >= 4 is 5.91 Å². The minimum atomic E-state index is 0. The molecule has 0 saturated heterocycles. The van der Waals surface area contributed by atoms with Gasteiger partial charge in [-0.3, -0.25) is 4.79 Å². The highest BCUT2D eigenvalue weighted by Crippen LogP contribution is 2.08. The number of aromatic nitrogens is 1. The Labute approximate surface area is 159 Å². The maximum atomic E-state index is 12.4. The minimum Gasteiger partial charge on any atom is -1.00 e. The molecule has 4 heteroatoms. The molecule has 138 valence electrons. The second kappa shape index (κ2) is 14.4. The van der Waals surface area contributed by atoms with Crippen molar-refractivity contribution in [3.8, 4) is 0 Å². The Kier molecular flexibility index (Phi) is 13.9. The summed E-state index contributed by atoms with van der Waals surface area (Å²) in [7, 11) is 0. The first-order chi connectivity index (χ1) is 11.2. The van der Waals surface area contributed by atoms with E-state index in [-0.39, 0.29) is 22.9 Å². The van der Waals surface area contributed by atoms with Crippen LogP contribution in [0.1, 0.15) is 82.5 Å². The van der Waals surface area contributed by atoms with E-state index in [1.165, 1.54) is 51.4 Å². The summed E-state index contributed by atoms with van der Waals surface area (Å²) in [6, 6.07) is 3.91. The molecule has 1 rings (SSSR count). The van der Waals surface area contributed by atoms with Crippen molar-refractivity contribution < 1.29 is 26.3 Å². The van der Waals surface area contributed by atoms with Crippen molar-refractivity contribution in [2.24, 2.45) is 0 Å². The molecule has 1 heterocycles. The molecule has 0 N–H and O–H groups in total. The fourth-order valence-corrected chi connectivity index (χ4v) is 2.91. The number of nitrogens with zero attached hydrogens (tertiary/aromatic N) is 2. The summed E-state index contributed by atoms with van der Waals surface area (Å²) in [6.45, 7) is 8.85. The zero-order valence-corrected chi connectivity index (χ0v) is 17.4. The summed E-state index contributed by atoms with van der Waals surface area (Å²) in [6.07, 6.45) is 14.7. The maximum Gasteiger partial charge on any atom is 0.259 e. The first-order valence-electron chi connectivity index (χ1n) is 9.51. The topological polar surface area (TPSA) is 24.2 Å². The van der Waals surface area contributed by atoms with Gasteiger partial charge in [0.25, 0.3) is 5.91 Å². The molecule has 0 saturated carbocycles. The Bertz CT molecular complexity index is 447. The summed E-state index contributed by atoms with van der Waals surface area (Å²) in [5.74, 6) is 0.139. The molecule has 0 spiro atoms. The molecule has 1 aromatic rings. The number of hydrogen-bond donors (Lipinski definition) is 0. The van der Waals surface area contributed by atoms with E-state index in [4.69, 9.17) is 0 Å². The van der Waals surface area contributed by atoms with Gasteiger partial charge in [0, 0.05) is 25.6 Å². The van der Waals surface area contributed by atoms with Crippen LogP contribution in [-0.2, 0) is 6.54 Å². The average Bonchev–Trinajstić information content (AvgIpc) is 2.58. The van der Waals surface area contributed by atoms with Crippen molar-refractivity contribution in [2.45, 2.75) is 78.7 Å². The first-order valence-corrected chi connectivity index (χ1v) is 9.51. The largest absolute Gasteiger partial charge is 1.00 e. The lowest BCUT2D eigenvalue weighted by Crippen LogP contribution is -3.00. The highest BCUT2D eigenvalue weighted by molar-refractivity contribution is 5.93.